The quantitative estimate of drug-likeness (QED) is 0.697. The molecule has 68 valence electrons. The summed E-state index contributed by atoms with van der Waals surface area (Å²) in [6.07, 6.45) is 0. The molecule has 0 spiro atoms. The van der Waals surface area contributed by atoms with Crippen molar-refractivity contribution in [2.75, 3.05) is 7.11 Å². The molecular formula is C10H9ClOS. The zero-order valence-corrected chi connectivity index (χ0v) is 9.00. The van der Waals surface area contributed by atoms with Crippen LogP contribution < -0.4 is 4.74 Å². The SMILES string of the molecule is COc1cc2c(C)csc2cc1Cl. The van der Waals surface area contributed by atoms with Gasteiger partial charge in [0, 0.05) is 4.70 Å². The average molecular weight is 213 g/mol. The summed E-state index contributed by atoms with van der Waals surface area (Å²) in [6, 6.07) is 3.94. The molecule has 0 aliphatic rings. The molecule has 0 aliphatic carbocycles. The Morgan fingerprint density at radius 3 is 2.85 bits per heavy atom. The number of aryl methyl sites for hydroxylation is 1. The van der Waals surface area contributed by atoms with Crippen molar-refractivity contribution in [1.29, 1.82) is 0 Å². The van der Waals surface area contributed by atoms with E-state index in [1.54, 1.807) is 18.4 Å². The van der Waals surface area contributed by atoms with Crippen molar-refractivity contribution in [1.82, 2.24) is 0 Å². The molecule has 1 heterocycles. The third kappa shape index (κ3) is 1.40. The topological polar surface area (TPSA) is 9.23 Å². The van der Waals surface area contributed by atoms with E-state index in [4.69, 9.17) is 16.3 Å². The minimum atomic E-state index is 0.678. The second kappa shape index (κ2) is 3.20. The van der Waals surface area contributed by atoms with Crippen molar-refractivity contribution in [2.24, 2.45) is 0 Å². The minimum absolute atomic E-state index is 0.678. The number of hydrogen-bond acceptors (Lipinski definition) is 2. The highest BCUT2D eigenvalue weighted by Gasteiger charge is 2.06. The molecule has 0 amide bonds. The van der Waals surface area contributed by atoms with Gasteiger partial charge in [-0.25, -0.2) is 0 Å². The summed E-state index contributed by atoms with van der Waals surface area (Å²) >= 11 is 7.70. The molecule has 3 heteroatoms. The third-order valence-corrected chi connectivity index (χ3v) is 3.40. The number of benzene rings is 1. The molecule has 0 radical (unpaired) electrons. The molecule has 0 saturated carbocycles. The van der Waals surface area contributed by atoms with Gasteiger partial charge >= 0.3 is 0 Å². The normalized spacial score (nSPS) is 10.7. The fraction of sp³-hybridized carbons (Fsp3) is 0.200. The van der Waals surface area contributed by atoms with Crippen LogP contribution in [0, 0.1) is 6.92 Å². The Kier molecular flexibility index (Phi) is 2.18. The van der Waals surface area contributed by atoms with Crippen LogP contribution in [0.4, 0.5) is 0 Å². The fourth-order valence-corrected chi connectivity index (χ4v) is 2.58. The van der Waals surface area contributed by atoms with Crippen LogP contribution in [-0.4, -0.2) is 7.11 Å². The van der Waals surface area contributed by atoms with E-state index < -0.39 is 0 Å². The molecule has 1 aromatic heterocycles. The highest BCUT2D eigenvalue weighted by Crippen LogP contribution is 2.34. The first-order chi connectivity index (χ1) is 6.22. The van der Waals surface area contributed by atoms with Gasteiger partial charge < -0.3 is 4.74 Å². The van der Waals surface area contributed by atoms with Gasteiger partial charge in [-0.3, -0.25) is 0 Å². The zero-order chi connectivity index (χ0) is 9.42. The molecular weight excluding hydrogens is 204 g/mol. The molecule has 13 heavy (non-hydrogen) atoms. The summed E-state index contributed by atoms with van der Waals surface area (Å²) in [5.74, 6) is 0.746. The van der Waals surface area contributed by atoms with Crippen LogP contribution in [0.15, 0.2) is 17.5 Å². The van der Waals surface area contributed by atoms with E-state index in [2.05, 4.69) is 12.3 Å². The lowest BCUT2D eigenvalue weighted by Gasteiger charge is -2.02. The lowest BCUT2D eigenvalue weighted by atomic mass is 10.2. The number of rotatable bonds is 1. The largest absolute Gasteiger partial charge is 0.495 e. The number of fused-ring (bicyclic) bond motifs is 1. The van der Waals surface area contributed by atoms with Crippen LogP contribution in [0.5, 0.6) is 5.75 Å². The molecule has 0 bridgehead atoms. The maximum Gasteiger partial charge on any atom is 0.138 e. The van der Waals surface area contributed by atoms with E-state index in [1.165, 1.54) is 15.6 Å². The van der Waals surface area contributed by atoms with Crippen molar-refractivity contribution < 1.29 is 4.74 Å². The average Bonchev–Trinajstić information content (AvgIpc) is 2.46. The van der Waals surface area contributed by atoms with Gasteiger partial charge in [-0.2, -0.15) is 0 Å². The van der Waals surface area contributed by atoms with Crippen LogP contribution >= 0.6 is 22.9 Å². The van der Waals surface area contributed by atoms with E-state index >= 15 is 0 Å². The maximum atomic E-state index is 5.99. The fourth-order valence-electron chi connectivity index (χ4n) is 1.31. The summed E-state index contributed by atoms with van der Waals surface area (Å²) in [5.41, 5.74) is 1.27. The van der Waals surface area contributed by atoms with Crippen LogP contribution in [0.1, 0.15) is 5.56 Å². The Hall–Kier alpha value is -0.730. The van der Waals surface area contributed by atoms with Crippen molar-refractivity contribution in [3.63, 3.8) is 0 Å². The molecule has 0 fully saturated rings. The first-order valence-electron chi connectivity index (χ1n) is 3.93. The van der Waals surface area contributed by atoms with Gasteiger partial charge in [-0.15, -0.1) is 11.3 Å². The predicted octanol–water partition coefficient (Wildman–Crippen LogP) is 3.87. The van der Waals surface area contributed by atoms with E-state index in [0.717, 1.165) is 5.75 Å². The predicted molar refractivity (Wildman–Crippen MR) is 58.1 cm³/mol. The van der Waals surface area contributed by atoms with Crippen LogP contribution in [0.3, 0.4) is 0 Å². The molecule has 0 atom stereocenters. The molecule has 2 rings (SSSR count). The van der Waals surface area contributed by atoms with Gasteiger partial charge in [0.2, 0.25) is 0 Å². The minimum Gasteiger partial charge on any atom is -0.495 e. The highest BCUT2D eigenvalue weighted by molar-refractivity contribution is 7.17. The van der Waals surface area contributed by atoms with Gasteiger partial charge in [0.1, 0.15) is 5.75 Å². The van der Waals surface area contributed by atoms with E-state index in [0.29, 0.717) is 5.02 Å². The first-order valence-corrected chi connectivity index (χ1v) is 5.19. The van der Waals surface area contributed by atoms with Crippen molar-refractivity contribution in [2.45, 2.75) is 6.92 Å². The standard InChI is InChI=1S/C10H9ClOS/c1-6-5-13-10-4-8(11)9(12-2)3-7(6)10/h3-5H,1-2H3. The molecule has 0 aliphatic heterocycles. The van der Waals surface area contributed by atoms with Gasteiger partial charge in [0.25, 0.3) is 0 Å². The van der Waals surface area contributed by atoms with Crippen molar-refractivity contribution >= 4 is 33.0 Å². The van der Waals surface area contributed by atoms with Crippen LogP contribution in [0.25, 0.3) is 10.1 Å². The lowest BCUT2D eigenvalue weighted by Crippen LogP contribution is -1.83. The maximum absolute atomic E-state index is 5.99. The second-order valence-electron chi connectivity index (χ2n) is 2.90. The lowest BCUT2D eigenvalue weighted by molar-refractivity contribution is 0.415. The number of hydrogen-bond donors (Lipinski definition) is 0. The van der Waals surface area contributed by atoms with E-state index in [1.807, 2.05) is 12.1 Å². The van der Waals surface area contributed by atoms with E-state index in [9.17, 15) is 0 Å². The molecule has 1 aromatic carbocycles. The summed E-state index contributed by atoms with van der Waals surface area (Å²) in [5, 5.41) is 4.03. The monoisotopic (exact) mass is 212 g/mol. The Labute approximate surface area is 85.9 Å². The second-order valence-corrected chi connectivity index (χ2v) is 4.22. The van der Waals surface area contributed by atoms with Gasteiger partial charge in [-0.1, -0.05) is 11.6 Å². The Morgan fingerprint density at radius 2 is 2.15 bits per heavy atom. The highest BCUT2D eigenvalue weighted by atomic mass is 35.5. The Morgan fingerprint density at radius 1 is 1.38 bits per heavy atom. The first kappa shape index (κ1) is 8.85. The summed E-state index contributed by atoms with van der Waals surface area (Å²) in [7, 11) is 1.63. The summed E-state index contributed by atoms with van der Waals surface area (Å²) < 4.78 is 6.36. The molecule has 2 aromatic rings. The smallest absolute Gasteiger partial charge is 0.138 e. The Bertz CT molecular complexity index is 447. The molecule has 0 saturated heterocycles. The summed E-state index contributed by atoms with van der Waals surface area (Å²) in [6.45, 7) is 2.09. The number of thiophene rings is 1. The Balaban J connectivity index is 2.77. The summed E-state index contributed by atoms with van der Waals surface area (Å²) in [4.78, 5) is 0. The molecule has 1 nitrogen and oxygen atoms in total. The molecule has 0 unspecified atom stereocenters. The zero-order valence-electron chi connectivity index (χ0n) is 7.43. The van der Waals surface area contributed by atoms with Crippen molar-refractivity contribution in [3.8, 4) is 5.75 Å². The van der Waals surface area contributed by atoms with E-state index in [-0.39, 0.29) is 0 Å². The number of halogens is 1. The van der Waals surface area contributed by atoms with Gasteiger partial charge in [0.05, 0.1) is 12.1 Å². The van der Waals surface area contributed by atoms with Gasteiger partial charge in [-0.05, 0) is 35.4 Å². The number of ether oxygens (including phenoxy) is 1. The number of methoxy groups -OCH3 is 1. The third-order valence-electron chi connectivity index (χ3n) is 2.04. The molecule has 0 N–H and O–H groups in total. The van der Waals surface area contributed by atoms with Crippen LogP contribution in [0.2, 0.25) is 5.02 Å². The van der Waals surface area contributed by atoms with Crippen LogP contribution in [-0.2, 0) is 0 Å². The van der Waals surface area contributed by atoms with Gasteiger partial charge in [0.15, 0.2) is 0 Å². The van der Waals surface area contributed by atoms with Crippen molar-refractivity contribution in [3.05, 3.63) is 28.1 Å².